The summed E-state index contributed by atoms with van der Waals surface area (Å²) in [4.78, 5) is 4.64. The molecule has 0 spiro atoms. The lowest BCUT2D eigenvalue weighted by Crippen LogP contribution is -2.35. The SMILES string of the molecule is Cc1nc2cc([C@H]3CC[C@H](C(F)(F)F)CC3)nn2c(C2CNCCO2)c1C. The van der Waals surface area contributed by atoms with Crippen molar-refractivity contribution in [1.29, 1.82) is 0 Å². The standard InChI is InChI=1S/C19H25F3N4O/c1-11-12(2)24-17-9-15(13-3-5-14(6-4-13)19(20,21)22)25-26(17)18(11)16-10-23-7-8-27-16/h9,13-14,16,23H,3-8,10H2,1-2H3/t13-,14-,16?. The van der Waals surface area contributed by atoms with Crippen LogP contribution in [0.1, 0.15) is 60.4 Å². The van der Waals surface area contributed by atoms with Gasteiger partial charge in [-0.15, -0.1) is 0 Å². The van der Waals surface area contributed by atoms with Crippen molar-refractivity contribution in [2.45, 2.75) is 57.7 Å². The van der Waals surface area contributed by atoms with Gasteiger partial charge in [0.25, 0.3) is 0 Å². The van der Waals surface area contributed by atoms with Gasteiger partial charge in [-0.05, 0) is 45.1 Å². The summed E-state index contributed by atoms with van der Waals surface area (Å²) in [5.41, 5.74) is 4.55. The first-order chi connectivity index (χ1) is 12.8. The van der Waals surface area contributed by atoms with E-state index in [2.05, 4.69) is 10.3 Å². The largest absolute Gasteiger partial charge is 0.391 e. The highest BCUT2D eigenvalue weighted by molar-refractivity contribution is 5.46. The second kappa shape index (κ2) is 7.05. The Morgan fingerprint density at radius 2 is 1.93 bits per heavy atom. The first-order valence-electron chi connectivity index (χ1n) is 9.60. The molecular weight excluding hydrogens is 357 g/mol. The number of fused-ring (bicyclic) bond motifs is 1. The monoisotopic (exact) mass is 382 g/mol. The molecule has 1 unspecified atom stereocenters. The van der Waals surface area contributed by atoms with Crippen molar-refractivity contribution in [3.8, 4) is 0 Å². The van der Waals surface area contributed by atoms with Gasteiger partial charge in [0.15, 0.2) is 5.65 Å². The Morgan fingerprint density at radius 1 is 1.19 bits per heavy atom. The van der Waals surface area contributed by atoms with Crippen molar-refractivity contribution in [2.75, 3.05) is 19.7 Å². The first kappa shape index (κ1) is 18.7. The molecule has 1 saturated carbocycles. The average molecular weight is 382 g/mol. The van der Waals surface area contributed by atoms with Crippen LogP contribution in [-0.2, 0) is 4.74 Å². The molecule has 0 radical (unpaired) electrons. The maximum atomic E-state index is 12.9. The lowest BCUT2D eigenvalue weighted by molar-refractivity contribution is -0.182. The molecule has 0 bridgehead atoms. The van der Waals surface area contributed by atoms with Crippen LogP contribution in [0.15, 0.2) is 6.07 Å². The lowest BCUT2D eigenvalue weighted by Gasteiger charge is -2.28. The van der Waals surface area contributed by atoms with Crippen LogP contribution in [0, 0.1) is 19.8 Å². The van der Waals surface area contributed by atoms with Gasteiger partial charge in [0.05, 0.1) is 23.9 Å². The number of hydrogen-bond acceptors (Lipinski definition) is 4. The van der Waals surface area contributed by atoms with Crippen molar-refractivity contribution in [3.63, 3.8) is 0 Å². The summed E-state index contributed by atoms with van der Waals surface area (Å²) in [7, 11) is 0. The highest BCUT2D eigenvalue weighted by Crippen LogP contribution is 2.42. The Balaban J connectivity index is 1.64. The van der Waals surface area contributed by atoms with Gasteiger partial charge >= 0.3 is 6.18 Å². The molecule has 5 nitrogen and oxygen atoms in total. The molecule has 1 aliphatic heterocycles. The number of nitrogens with zero attached hydrogens (tertiary/aromatic N) is 3. The Kier molecular flexibility index (Phi) is 4.88. The normalized spacial score (nSPS) is 27.2. The fraction of sp³-hybridized carbons (Fsp3) is 0.684. The van der Waals surface area contributed by atoms with Gasteiger partial charge < -0.3 is 10.1 Å². The molecule has 2 aromatic rings. The van der Waals surface area contributed by atoms with Crippen LogP contribution in [0.4, 0.5) is 13.2 Å². The van der Waals surface area contributed by atoms with E-state index < -0.39 is 12.1 Å². The number of alkyl halides is 3. The average Bonchev–Trinajstić information content (AvgIpc) is 3.06. The van der Waals surface area contributed by atoms with E-state index in [1.807, 2.05) is 24.4 Å². The molecule has 2 aromatic heterocycles. The number of aromatic nitrogens is 3. The van der Waals surface area contributed by atoms with Crippen molar-refractivity contribution >= 4 is 5.65 Å². The van der Waals surface area contributed by atoms with Crippen molar-refractivity contribution < 1.29 is 17.9 Å². The second-order valence-corrected chi connectivity index (χ2v) is 7.70. The van der Waals surface area contributed by atoms with E-state index in [-0.39, 0.29) is 24.9 Å². The van der Waals surface area contributed by atoms with Crippen LogP contribution in [-0.4, -0.2) is 40.5 Å². The van der Waals surface area contributed by atoms with E-state index >= 15 is 0 Å². The van der Waals surface area contributed by atoms with Crippen LogP contribution in [0.3, 0.4) is 0 Å². The van der Waals surface area contributed by atoms with Crippen LogP contribution < -0.4 is 5.32 Å². The molecule has 4 rings (SSSR count). The van der Waals surface area contributed by atoms with Gasteiger partial charge in [0.2, 0.25) is 0 Å². The minimum atomic E-state index is -4.09. The topological polar surface area (TPSA) is 51.5 Å². The van der Waals surface area contributed by atoms with Gasteiger partial charge in [0, 0.05) is 30.8 Å². The maximum absolute atomic E-state index is 12.9. The molecule has 0 amide bonds. The minimum absolute atomic E-state index is 0.0594. The number of rotatable bonds is 2. The first-order valence-corrected chi connectivity index (χ1v) is 9.60. The molecule has 2 fully saturated rings. The molecule has 0 aromatic carbocycles. The maximum Gasteiger partial charge on any atom is 0.391 e. The number of halogens is 3. The second-order valence-electron chi connectivity index (χ2n) is 7.70. The number of nitrogens with one attached hydrogen (secondary N) is 1. The van der Waals surface area contributed by atoms with E-state index in [4.69, 9.17) is 9.84 Å². The molecule has 3 heterocycles. The van der Waals surface area contributed by atoms with Gasteiger partial charge in [-0.25, -0.2) is 9.50 Å². The Morgan fingerprint density at radius 3 is 2.56 bits per heavy atom. The number of aryl methyl sites for hydroxylation is 1. The smallest absolute Gasteiger partial charge is 0.369 e. The van der Waals surface area contributed by atoms with Crippen LogP contribution in [0.5, 0.6) is 0 Å². The zero-order valence-corrected chi connectivity index (χ0v) is 15.6. The molecule has 2 aliphatic rings. The van der Waals surface area contributed by atoms with E-state index in [1.165, 1.54) is 0 Å². The zero-order valence-electron chi connectivity index (χ0n) is 15.6. The summed E-state index contributed by atoms with van der Waals surface area (Å²) in [5.74, 6) is -1.12. The van der Waals surface area contributed by atoms with Gasteiger partial charge in [0.1, 0.15) is 6.10 Å². The molecule has 8 heteroatoms. The van der Waals surface area contributed by atoms with Gasteiger partial charge in [-0.2, -0.15) is 18.3 Å². The molecule has 1 atom stereocenters. The van der Waals surface area contributed by atoms with Crippen LogP contribution in [0.2, 0.25) is 0 Å². The quantitative estimate of drug-likeness (QED) is 0.857. The van der Waals surface area contributed by atoms with E-state index in [0.29, 0.717) is 26.0 Å². The fourth-order valence-corrected chi connectivity index (χ4v) is 4.28. The Bertz CT molecular complexity index is 818. The number of ether oxygens (including phenoxy) is 1. The fourth-order valence-electron chi connectivity index (χ4n) is 4.28. The summed E-state index contributed by atoms with van der Waals surface area (Å²) in [6.07, 6.45) is -2.80. The summed E-state index contributed by atoms with van der Waals surface area (Å²) >= 11 is 0. The van der Waals surface area contributed by atoms with E-state index in [1.54, 1.807) is 0 Å². The predicted octanol–water partition coefficient (Wildman–Crippen LogP) is 3.84. The summed E-state index contributed by atoms with van der Waals surface area (Å²) in [6.45, 7) is 6.17. The third-order valence-corrected chi connectivity index (χ3v) is 5.99. The highest BCUT2D eigenvalue weighted by Gasteiger charge is 2.42. The zero-order chi connectivity index (χ0) is 19.2. The van der Waals surface area contributed by atoms with Crippen molar-refractivity contribution in [2.24, 2.45) is 5.92 Å². The number of morpholine rings is 1. The summed E-state index contributed by atoms with van der Waals surface area (Å²) in [5, 5.41) is 8.11. The molecule has 27 heavy (non-hydrogen) atoms. The van der Waals surface area contributed by atoms with E-state index in [9.17, 15) is 13.2 Å². The van der Waals surface area contributed by atoms with Crippen LogP contribution >= 0.6 is 0 Å². The van der Waals surface area contributed by atoms with Crippen LogP contribution in [0.25, 0.3) is 5.65 Å². The Labute approximate surface area is 156 Å². The predicted molar refractivity (Wildman–Crippen MR) is 94.8 cm³/mol. The molecule has 1 aliphatic carbocycles. The summed E-state index contributed by atoms with van der Waals surface area (Å²) < 4.78 is 46.6. The summed E-state index contributed by atoms with van der Waals surface area (Å²) in [6, 6.07) is 1.94. The molecule has 1 N–H and O–H groups in total. The molecular formula is C19H25F3N4O. The van der Waals surface area contributed by atoms with E-state index in [0.717, 1.165) is 34.8 Å². The van der Waals surface area contributed by atoms with Gasteiger partial charge in [-0.1, -0.05) is 0 Å². The number of hydrogen-bond donors (Lipinski definition) is 1. The third kappa shape index (κ3) is 3.57. The third-order valence-electron chi connectivity index (χ3n) is 5.99. The lowest BCUT2D eigenvalue weighted by atomic mass is 9.80. The Hall–Kier alpha value is -1.67. The van der Waals surface area contributed by atoms with Gasteiger partial charge in [-0.3, -0.25) is 0 Å². The highest BCUT2D eigenvalue weighted by atomic mass is 19.4. The molecule has 1 saturated heterocycles. The van der Waals surface area contributed by atoms with Crippen molar-refractivity contribution in [1.82, 2.24) is 19.9 Å². The minimum Gasteiger partial charge on any atom is -0.369 e. The molecule has 148 valence electrons. The van der Waals surface area contributed by atoms with Crippen molar-refractivity contribution in [3.05, 3.63) is 28.7 Å².